The summed E-state index contributed by atoms with van der Waals surface area (Å²) < 4.78 is 9.19. The summed E-state index contributed by atoms with van der Waals surface area (Å²) >= 11 is 0. The van der Waals surface area contributed by atoms with Gasteiger partial charge in [0.25, 0.3) is 0 Å². The first-order valence-electron chi connectivity index (χ1n) is 3.11. The summed E-state index contributed by atoms with van der Waals surface area (Å²) in [5, 5.41) is 0. The van der Waals surface area contributed by atoms with Gasteiger partial charge in [-0.25, -0.2) is 4.79 Å². The monoisotopic (exact) mass is 152 g/mol. The fourth-order valence-electron chi connectivity index (χ4n) is 0.628. The molecule has 1 rings (SSSR count). The lowest BCUT2D eigenvalue weighted by atomic mass is 10.2. The Labute approximate surface area is 64.6 Å². The molecule has 0 bridgehead atoms. The van der Waals surface area contributed by atoms with Crippen LogP contribution in [0.2, 0.25) is 0 Å². The predicted octanol–water partition coefficient (Wildman–Crippen LogP) is 1.14. The lowest BCUT2D eigenvalue weighted by Gasteiger charge is -1.99. The topological polar surface area (TPSA) is 35.5 Å². The molecule has 0 saturated heterocycles. The van der Waals surface area contributed by atoms with E-state index in [2.05, 4.69) is 4.74 Å². The Morgan fingerprint density at radius 1 is 1.55 bits per heavy atom. The molecule has 1 aliphatic heterocycles. The standard InChI is InChI=1S/C8H8O3/c1-10-8(9)6-7-2-4-11-5-3-7/h2-6H,1H3. The smallest absolute Gasteiger partial charge is 0.331 e. The zero-order valence-corrected chi connectivity index (χ0v) is 6.11. The molecule has 0 radical (unpaired) electrons. The van der Waals surface area contributed by atoms with Crippen LogP contribution in [-0.4, -0.2) is 13.1 Å². The first-order valence-corrected chi connectivity index (χ1v) is 3.11. The van der Waals surface area contributed by atoms with Crippen LogP contribution in [0.25, 0.3) is 0 Å². The highest BCUT2D eigenvalue weighted by atomic mass is 16.5. The number of ether oxygens (including phenoxy) is 2. The highest BCUT2D eigenvalue weighted by Gasteiger charge is 1.97. The third kappa shape index (κ3) is 2.29. The molecule has 58 valence electrons. The van der Waals surface area contributed by atoms with Crippen molar-refractivity contribution in [3.05, 3.63) is 36.3 Å². The zero-order valence-electron chi connectivity index (χ0n) is 6.11. The van der Waals surface area contributed by atoms with Gasteiger partial charge in [0.1, 0.15) is 0 Å². The van der Waals surface area contributed by atoms with E-state index in [1.165, 1.54) is 25.7 Å². The molecule has 0 aromatic rings. The molecule has 3 nitrogen and oxygen atoms in total. The number of carbonyl (C=O) groups is 1. The van der Waals surface area contributed by atoms with Crippen molar-refractivity contribution in [1.29, 1.82) is 0 Å². The Bertz CT molecular complexity index is 222. The van der Waals surface area contributed by atoms with E-state index >= 15 is 0 Å². The minimum atomic E-state index is -0.365. The Kier molecular flexibility index (Phi) is 2.49. The van der Waals surface area contributed by atoms with Crippen LogP contribution in [0.5, 0.6) is 0 Å². The third-order valence-electron chi connectivity index (χ3n) is 1.16. The lowest BCUT2D eigenvalue weighted by molar-refractivity contribution is -0.134. The lowest BCUT2D eigenvalue weighted by Crippen LogP contribution is -1.96. The maximum atomic E-state index is 10.7. The molecule has 0 N–H and O–H groups in total. The van der Waals surface area contributed by atoms with E-state index in [0.29, 0.717) is 0 Å². The Morgan fingerprint density at radius 2 is 2.18 bits per heavy atom. The molecule has 1 heterocycles. The molecule has 1 aliphatic rings. The average molecular weight is 152 g/mol. The van der Waals surface area contributed by atoms with Gasteiger partial charge < -0.3 is 9.47 Å². The van der Waals surface area contributed by atoms with E-state index in [1.807, 2.05) is 0 Å². The average Bonchev–Trinajstić information content (AvgIpc) is 2.06. The van der Waals surface area contributed by atoms with Gasteiger partial charge in [-0.3, -0.25) is 0 Å². The number of allylic oxidation sites excluding steroid dienone is 3. The second kappa shape index (κ2) is 3.61. The van der Waals surface area contributed by atoms with Crippen LogP contribution in [0.3, 0.4) is 0 Å². The van der Waals surface area contributed by atoms with Gasteiger partial charge >= 0.3 is 5.97 Å². The van der Waals surface area contributed by atoms with E-state index in [-0.39, 0.29) is 5.97 Å². The summed E-state index contributed by atoms with van der Waals surface area (Å²) in [4.78, 5) is 10.7. The van der Waals surface area contributed by atoms with Gasteiger partial charge in [0.2, 0.25) is 0 Å². The number of rotatable bonds is 1. The van der Waals surface area contributed by atoms with Crippen molar-refractivity contribution in [2.75, 3.05) is 7.11 Å². The molecule has 3 heteroatoms. The molecule has 0 aromatic heterocycles. The highest BCUT2D eigenvalue weighted by Crippen LogP contribution is 2.05. The van der Waals surface area contributed by atoms with Crippen molar-refractivity contribution in [1.82, 2.24) is 0 Å². The fraction of sp³-hybridized carbons (Fsp3) is 0.125. The quantitative estimate of drug-likeness (QED) is 0.417. The fourth-order valence-corrected chi connectivity index (χ4v) is 0.628. The molecular formula is C8H8O3. The van der Waals surface area contributed by atoms with Crippen molar-refractivity contribution < 1.29 is 14.3 Å². The maximum Gasteiger partial charge on any atom is 0.331 e. The minimum absolute atomic E-state index is 0.365. The largest absolute Gasteiger partial charge is 0.473 e. The van der Waals surface area contributed by atoms with Gasteiger partial charge in [0.05, 0.1) is 19.6 Å². The zero-order chi connectivity index (χ0) is 8.10. The summed E-state index contributed by atoms with van der Waals surface area (Å²) in [6.45, 7) is 0. The van der Waals surface area contributed by atoms with E-state index in [1.54, 1.807) is 12.2 Å². The highest BCUT2D eigenvalue weighted by molar-refractivity contribution is 5.83. The van der Waals surface area contributed by atoms with Crippen LogP contribution in [0.4, 0.5) is 0 Å². The van der Waals surface area contributed by atoms with Gasteiger partial charge in [0.15, 0.2) is 0 Å². The summed E-state index contributed by atoms with van der Waals surface area (Å²) in [6.07, 6.45) is 7.73. The van der Waals surface area contributed by atoms with Crippen LogP contribution < -0.4 is 0 Å². The first-order chi connectivity index (χ1) is 5.33. The summed E-state index contributed by atoms with van der Waals surface area (Å²) in [5.41, 5.74) is 0.767. The molecular weight excluding hydrogens is 144 g/mol. The van der Waals surface area contributed by atoms with E-state index < -0.39 is 0 Å². The van der Waals surface area contributed by atoms with Crippen LogP contribution >= 0.6 is 0 Å². The van der Waals surface area contributed by atoms with Gasteiger partial charge in [-0.2, -0.15) is 0 Å². The Balaban J connectivity index is 2.65. The van der Waals surface area contributed by atoms with E-state index in [9.17, 15) is 4.79 Å². The Hall–Kier alpha value is -1.51. The van der Waals surface area contributed by atoms with E-state index in [4.69, 9.17) is 4.74 Å². The van der Waals surface area contributed by atoms with Gasteiger partial charge in [-0.1, -0.05) is 0 Å². The second-order valence-corrected chi connectivity index (χ2v) is 1.91. The van der Waals surface area contributed by atoms with Crippen molar-refractivity contribution in [3.63, 3.8) is 0 Å². The normalized spacial score (nSPS) is 14.1. The predicted molar refractivity (Wildman–Crippen MR) is 39.5 cm³/mol. The van der Waals surface area contributed by atoms with Gasteiger partial charge in [-0.15, -0.1) is 0 Å². The van der Waals surface area contributed by atoms with Crippen LogP contribution in [0, 0.1) is 0 Å². The van der Waals surface area contributed by atoms with Gasteiger partial charge in [-0.05, 0) is 17.7 Å². The maximum absolute atomic E-state index is 10.7. The number of esters is 1. The number of hydrogen-bond donors (Lipinski definition) is 0. The third-order valence-corrected chi connectivity index (χ3v) is 1.16. The molecule has 0 fully saturated rings. The minimum Gasteiger partial charge on any atom is -0.473 e. The van der Waals surface area contributed by atoms with Crippen molar-refractivity contribution in [3.8, 4) is 0 Å². The van der Waals surface area contributed by atoms with Crippen LogP contribution in [0.1, 0.15) is 0 Å². The Morgan fingerprint density at radius 3 is 2.73 bits per heavy atom. The van der Waals surface area contributed by atoms with Crippen molar-refractivity contribution >= 4 is 5.97 Å². The summed E-state index contributed by atoms with van der Waals surface area (Å²) in [6, 6.07) is 0. The van der Waals surface area contributed by atoms with Crippen LogP contribution in [-0.2, 0) is 14.3 Å². The van der Waals surface area contributed by atoms with Crippen LogP contribution in [0.15, 0.2) is 36.3 Å². The van der Waals surface area contributed by atoms with E-state index in [0.717, 1.165) is 5.57 Å². The SMILES string of the molecule is COC(=O)C=C1C=COC=C1. The number of carbonyl (C=O) groups excluding carboxylic acids is 1. The number of hydrogen-bond acceptors (Lipinski definition) is 3. The van der Waals surface area contributed by atoms with Gasteiger partial charge in [0, 0.05) is 6.08 Å². The molecule has 0 saturated carbocycles. The number of methoxy groups -OCH3 is 1. The van der Waals surface area contributed by atoms with Crippen molar-refractivity contribution in [2.24, 2.45) is 0 Å². The molecule has 0 aliphatic carbocycles. The molecule has 0 unspecified atom stereocenters. The molecule has 0 aromatic carbocycles. The second-order valence-electron chi connectivity index (χ2n) is 1.91. The molecule has 0 atom stereocenters. The first kappa shape index (κ1) is 7.60. The molecule has 11 heavy (non-hydrogen) atoms. The summed E-state index contributed by atoms with van der Waals surface area (Å²) in [5.74, 6) is -0.365. The molecule has 0 amide bonds. The molecule has 0 spiro atoms. The summed E-state index contributed by atoms with van der Waals surface area (Å²) in [7, 11) is 1.34. The van der Waals surface area contributed by atoms with Crippen molar-refractivity contribution in [2.45, 2.75) is 0 Å².